The number of hydrogen-bond donors (Lipinski definition) is 3. The molecule has 5 heteroatoms. The Kier molecular flexibility index (Phi) is 4.01. The molecule has 1 aliphatic rings. The van der Waals surface area contributed by atoms with E-state index in [1.54, 1.807) is 0 Å². The lowest BCUT2D eigenvalue weighted by Crippen LogP contribution is -2.32. The smallest absolute Gasteiger partial charge is 0.252 e. The average Bonchev–Trinajstić information content (AvgIpc) is 2.75. The van der Waals surface area contributed by atoms with Gasteiger partial charge in [0.25, 0.3) is 5.91 Å². The zero-order valence-corrected chi connectivity index (χ0v) is 11.9. The molecule has 1 atom stereocenters. The molecule has 1 aliphatic heterocycles. The third-order valence-electron chi connectivity index (χ3n) is 3.88. The number of pyridine rings is 1. The fourth-order valence-corrected chi connectivity index (χ4v) is 2.75. The molecule has 0 aliphatic carbocycles. The number of para-hydroxylation sites is 1. The van der Waals surface area contributed by atoms with E-state index in [9.17, 15) is 4.79 Å². The van der Waals surface area contributed by atoms with E-state index in [4.69, 9.17) is 5.73 Å². The summed E-state index contributed by atoms with van der Waals surface area (Å²) in [4.78, 5) is 16.3. The van der Waals surface area contributed by atoms with Gasteiger partial charge in [0, 0.05) is 18.0 Å². The fraction of sp³-hybridized carbons (Fsp3) is 0.375. The minimum Gasteiger partial charge on any atom is -0.365 e. The van der Waals surface area contributed by atoms with E-state index in [0.717, 1.165) is 30.4 Å². The van der Waals surface area contributed by atoms with Gasteiger partial charge in [0.15, 0.2) is 0 Å². The number of nitrogens with two attached hydrogens (primary N) is 1. The molecule has 5 nitrogen and oxygen atoms in total. The maximum atomic E-state index is 11.7. The molecule has 110 valence electrons. The standard InChI is InChI=1S/C16H20N4O/c17-15(21)13-9-11-5-1-2-7-14(11)20-16(13)19-12-6-3-4-8-18-10-12/h1-2,5,7,9,12,18H,3-4,6,8,10H2,(H2,17,21)(H,19,20). The molecule has 0 radical (unpaired) electrons. The molecular formula is C16H20N4O. The van der Waals surface area contributed by atoms with Gasteiger partial charge in [-0.05, 0) is 31.5 Å². The van der Waals surface area contributed by atoms with Gasteiger partial charge in [-0.1, -0.05) is 24.6 Å². The van der Waals surface area contributed by atoms with Crippen molar-refractivity contribution < 1.29 is 4.79 Å². The van der Waals surface area contributed by atoms with Crippen molar-refractivity contribution in [1.29, 1.82) is 0 Å². The van der Waals surface area contributed by atoms with Crippen LogP contribution in [-0.4, -0.2) is 30.0 Å². The van der Waals surface area contributed by atoms with Crippen molar-refractivity contribution in [2.45, 2.75) is 25.3 Å². The number of rotatable bonds is 3. The van der Waals surface area contributed by atoms with Crippen LogP contribution in [0.5, 0.6) is 0 Å². The molecule has 1 aromatic carbocycles. The SMILES string of the molecule is NC(=O)c1cc2ccccc2nc1NC1CCCCNC1. The zero-order chi connectivity index (χ0) is 14.7. The van der Waals surface area contributed by atoms with Crippen LogP contribution in [0.1, 0.15) is 29.6 Å². The number of nitrogens with one attached hydrogen (secondary N) is 2. The summed E-state index contributed by atoms with van der Waals surface area (Å²) in [7, 11) is 0. The summed E-state index contributed by atoms with van der Waals surface area (Å²) in [5.41, 5.74) is 6.83. The summed E-state index contributed by atoms with van der Waals surface area (Å²) in [5, 5.41) is 7.71. The van der Waals surface area contributed by atoms with Crippen LogP contribution in [-0.2, 0) is 0 Å². The molecule has 0 saturated carbocycles. The molecule has 0 spiro atoms. The maximum absolute atomic E-state index is 11.7. The molecule has 0 bridgehead atoms. The quantitative estimate of drug-likeness (QED) is 0.804. The number of carbonyl (C=O) groups is 1. The second-order valence-electron chi connectivity index (χ2n) is 5.48. The fourth-order valence-electron chi connectivity index (χ4n) is 2.75. The largest absolute Gasteiger partial charge is 0.365 e. The summed E-state index contributed by atoms with van der Waals surface area (Å²) in [6.45, 7) is 1.93. The normalized spacial score (nSPS) is 19.1. The summed E-state index contributed by atoms with van der Waals surface area (Å²) in [6, 6.07) is 9.84. The second kappa shape index (κ2) is 6.10. The number of nitrogens with zero attached hydrogens (tertiary/aromatic N) is 1. The number of benzene rings is 1. The molecule has 1 unspecified atom stereocenters. The molecule has 2 aromatic rings. The Balaban J connectivity index is 1.95. The summed E-state index contributed by atoms with van der Waals surface area (Å²) < 4.78 is 0. The van der Waals surface area contributed by atoms with Gasteiger partial charge in [0.05, 0.1) is 11.1 Å². The van der Waals surface area contributed by atoms with E-state index in [1.807, 2.05) is 30.3 Å². The van der Waals surface area contributed by atoms with Crippen molar-refractivity contribution in [3.05, 3.63) is 35.9 Å². The Labute approximate surface area is 123 Å². The highest BCUT2D eigenvalue weighted by Crippen LogP contribution is 2.21. The lowest BCUT2D eigenvalue weighted by atomic mass is 10.1. The van der Waals surface area contributed by atoms with Gasteiger partial charge in [-0.3, -0.25) is 4.79 Å². The number of anilines is 1. The Morgan fingerprint density at radius 3 is 3.05 bits per heavy atom. The van der Waals surface area contributed by atoms with E-state index < -0.39 is 5.91 Å². The van der Waals surface area contributed by atoms with Crippen molar-refractivity contribution in [2.75, 3.05) is 18.4 Å². The first-order chi connectivity index (χ1) is 10.2. The van der Waals surface area contributed by atoms with Gasteiger partial charge in [-0.15, -0.1) is 0 Å². The van der Waals surface area contributed by atoms with Gasteiger partial charge in [0.2, 0.25) is 0 Å². The number of amides is 1. The van der Waals surface area contributed by atoms with Crippen LogP contribution >= 0.6 is 0 Å². The van der Waals surface area contributed by atoms with E-state index in [1.165, 1.54) is 12.8 Å². The molecule has 1 fully saturated rings. The topological polar surface area (TPSA) is 80.0 Å². The van der Waals surface area contributed by atoms with Gasteiger partial charge < -0.3 is 16.4 Å². The molecule has 4 N–H and O–H groups in total. The minimum absolute atomic E-state index is 0.277. The van der Waals surface area contributed by atoms with E-state index >= 15 is 0 Å². The van der Waals surface area contributed by atoms with Crippen LogP contribution in [0.3, 0.4) is 0 Å². The minimum atomic E-state index is -0.447. The molecule has 3 rings (SSSR count). The zero-order valence-electron chi connectivity index (χ0n) is 11.9. The number of primary amides is 1. The maximum Gasteiger partial charge on any atom is 0.252 e. The third kappa shape index (κ3) is 3.13. The highest BCUT2D eigenvalue weighted by Gasteiger charge is 2.17. The lowest BCUT2D eigenvalue weighted by molar-refractivity contribution is 0.100. The van der Waals surface area contributed by atoms with E-state index in [-0.39, 0.29) is 6.04 Å². The van der Waals surface area contributed by atoms with Crippen LogP contribution in [0, 0.1) is 0 Å². The predicted molar refractivity (Wildman–Crippen MR) is 84.4 cm³/mol. The average molecular weight is 284 g/mol. The van der Waals surface area contributed by atoms with Crippen LogP contribution in [0.15, 0.2) is 30.3 Å². The van der Waals surface area contributed by atoms with Crippen LogP contribution in [0.2, 0.25) is 0 Å². The molecular weight excluding hydrogens is 264 g/mol. The lowest BCUT2D eigenvalue weighted by Gasteiger charge is -2.19. The van der Waals surface area contributed by atoms with Gasteiger partial charge in [-0.25, -0.2) is 4.98 Å². The van der Waals surface area contributed by atoms with E-state index in [2.05, 4.69) is 15.6 Å². The number of carbonyl (C=O) groups excluding carboxylic acids is 1. The third-order valence-corrected chi connectivity index (χ3v) is 3.88. The van der Waals surface area contributed by atoms with Crippen LogP contribution in [0.25, 0.3) is 10.9 Å². The van der Waals surface area contributed by atoms with E-state index in [0.29, 0.717) is 11.4 Å². The number of fused-ring (bicyclic) bond motifs is 1. The Morgan fingerprint density at radius 1 is 1.33 bits per heavy atom. The summed E-state index contributed by atoms with van der Waals surface area (Å²) in [6.07, 6.45) is 3.43. The first-order valence-corrected chi connectivity index (χ1v) is 7.41. The molecule has 1 aromatic heterocycles. The Hall–Kier alpha value is -2.14. The Morgan fingerprint density at radius 2 is 2.19 bits per heavy atom. The highest BCUT2D eigenvalue weighted by atomic mass is 16.1. The van der Waals surface area contributed by atoms with Gasteiger partial charge >= 0.3 is 0 Å². The van der Waals surface area contributed by atoms with Gasteiger partial charge in [0.1, 0.15) is 5.82 Å². The van der Waals surface area contributed by atoms with Crippen molar-refractivity contribution in [3.63, 3.8) is 0 Å². The first-order valence-electron chi connectivity index (χ1n) is 7.41. The molecule has 1 saturated heterocycles. The summed E-state index contributed by atoms with van der Waals surface area (Å²) in [5.74, 6) is 0.146. The monoisotopic (exact) mass is 284 g/mol. The number of hydrogen-bond acceptors (Lipinski definition) is 4. The van der Waals surface area contributed by atoms with Gasteiger partial charge in [-0.2, -0.15) is 0 Å². The molecule has 21 heavy (non-hydrogen) atoms. The van der Waals surface area contributed by atoms with Crippen LogP contribution in [0.4, 0.5) is 5.82 Å². The molecule has 1 amide bonds. The van der Waals surface area contributed by atoms with Crippen LogP contribution < -0.4 is 16.4 Å². The highest BCUT2D eigenvalue weighted by molar-refractivity contribution is 6.01. The van der Waals surface area contributed by atoms with Crippen molar-refractivity contribution in [3.8, 4) is 0 Å². The second-order valence-corrected chi connectivity index (χ2v) is 5.48. The first kappa shape index (κ1) is 13.8. The summed E-state index contributed by atoms with van der Waals surface area (Å²) >= 11 is 0. The predicted octanol–water partition coefficient (Wildman–Crippen LogP) is 1.89. The molecule has 2 heterocycles. The van der Waals surface area contributed by atoms with Crippen molar-refractivity contribution in [1.82, 2.24) is 10.3 Å². The number of aromatic nitrogens is 1. The van der Waals surface area contributed by atoms with Crippen molar-refractivity contribution >= 4 is 22.6 Å². The van der Waals surface area contributed by atoms with Crippen molar-refractivity contribution in [2.24, 2.45) is 5.73 Å². The Bertz CT molecular complexity index is 648.